The van der Waals surface area contributed by atoms with Gasteiger partial charge in [-0.2, -0.15) is 18.2 Å². The Kier molecular flexibility index (Phi) is 4.90. The van der Waals surface area contributed by atoms with Crippen molar-refractivity contribution in [3.63, 3.8) is 0 Å². The van der Waals surface area contributed by atoms with Crippen molar-refractivity contribution in [2.45, 2.75) is 0 Å². The van der Waals surface area contributed by atoms with Gasteiger partial charge in [-0.1, -0.05) is 0 Å². The smallest absolute Gasteiger partial charge is 0.319 e. The number of para-hydroxylation sites is 1. The average Bonchev–Trinajstić information content (AvgIpc) is 1.69. The summed E-state index contributed by atoms with van der Waals surface area (Å²) in [6.45, 7) is 0. The van der Waals surface area contributed by atoms with Crippen LogP contribution in [0.3, 0.4) is 0 Å². The molecule has 0 aliphatic heterocycles. The molecule has 0 saturated carbocycles. The number of rotatable bonds is 0. The summed E-state index contributed by atoms with van der Waals surface area (Å²) in [7, 11) is 0. The zero-order valence-electron chi connectivity index (χ0n) is 4.79. The van der Waals surface area contributed by atoms with E-state index in [2.05, 4.69) is 0 Å². The van der Waals surface area contributed by atoms with Crippen molar-refractivity contribution in [1.82, 2.24) is 0 Å². The monoisotopic (exact) mass is 132 g/mol. The predicted octanol–water partition coefficient (Wildman–Crippen LogP) is -2.23. The summed E-state index contributed by atoms with van der Waals surface area (Å²) in [5.41, 5.74) is 0.0718. The van der Waals surface area contributed by atoms with Gasteiger partial charge in [0, 0.05) is 0 Å². The second-order valence-electron chi connectivity index (χ2n) is 1.31. The van der Waals surface area contributed by atoms with E-state index in [0.29, 0.717) is 0 Å². The molecule has 1 rings (SSSR count). The number of hydrogen-bond donors (Lipinski definition) is 0. The average molecular weight is 132 g/mol. The molecular weight excluding hydrogens is 127 g/mol. The number of benzene rings is 1. The molecule has 8 heavy (non-hydrogen) atoms. The van der Waals surface area contributed by atoms with Gasteiger partial charge in [0.15, 0.2) is 0 Å². The van der Waals surface area contributed by atoms with Gasteiger partial charge < -0.3 is 4.79 Å². The van der Waals surface area contributed by atoms with Crippen molar-refractivity contribution in [3.05, 3.63) is 40.6 Å². The third kappa shape index (κ3) is 2.84. The third-order valence-corrected chi connectivity index (χ3v) is 0.743. The van der Waals surface area contributed by atoms with E-state index in [1.807, 2.05) is 6.07 Å². The first-order valence-corrected chi connectivity index (χ1v) is 2.11. The molecule has 0 fully saturated rings. The standard InChI is InChI=1S/C6H5O.K/c7-6-4-2-1-3-5-6;/h1-5H;/q-1;+1. The van der Waals surface area contributed by atoms with E-state index in [1.54, 1.807) is 12.1 Å². The minimum atomic E-state index is 0. The normalized spacial score (nSPS) is 7.50. The molecule has 0 saturated heterocycles. The van der Waals surface area contributed by atoms with Crippen LogP contribution in [0.2, 0.25) is 0 Å². The molecule has 0 N–H and O–H groups in total. The molecule has 0 spiro atoms. The van der Waals surface area contributed by atoms with E-state index in [0.717, 1.165) is 0 Å². The van der Waals surface area contributed by atoms with Crippen LogP contribution in [0.1, 0.15) is 0 Å². The van der Waals surface area contributed by atoms with Gasteiger partial charge in [-0.15, -0.1) is 12.1 Å². The van der Waals surface area contributed by atoms with Gasteiger partial charge in [0.2, 0.25) is 0 Å². The maximum Gasteiger partial charge on any atom is 1.00 e. The molecule has 0 aromatic heterocycles. The van der Waals surface area contributed by atoms with Crippen molar-refractivity contribution >= 4 is 0 Å². The van der Waals surface area contributed by atoms with E-state index in [4.69, 9.17) is 0 Å². The van der Waals surface area contributed by atoms with Gasteiger partial charge in [-0.25, -0.2) is 0 Å². The van der Waals surface area contributed by atoms with Crippen molar-refractivity contribution in [3.8, 4) is 0 Å². The molecule has 1 aromatic rings. The molecule has 0 radical (unpaired) electrons. The van der Waals surface area contributed by atoms with E-state index in [1.165, 1.54) is 12.1 Å². The Morgan fingerprint density at radius 2 is 2.12 bits per heavy atom. The zero-order valence-corrected chi connectivity index (χ0v) is 7.92. The van der Waals surface area contributed by atoms with E-state index < -0.39 is 0 Å². The zero-order chi connectivity index (χ0) is 5.11. The first kappa shape index (κ1) is 8.66. The Hall–Kier alpha value is 0.656. The summed E-state index contributed by atoms with van der Waals surface area (Å²) in [6, 6.07) is 8.33. The van der Waals surface area contributed by atoms with Crippen molar-refractivity contribution in [2.75, 3.05) is 0 Å². The van der Waals surface area contributed by atoms with Crippen LogP contribution in [0.15, 0.2) is 35.1 Å². The summed E-state index contributed by atoms with van der Waals surface area (Å²) >= 11 is 0. The van der Waals surface area contributed by atoms with Gasteiger partial charge >= 0.3 is 51.4 Å². The van der Waals surface area contributed by atoms with Crippen LogP contribution >= 0.6 is 0 Å². The summed E-state index contributed by atoms with van der Waals surface area (Å²) in [4.78, 5) is 10.3. The van der Waals surface area contributed by atoms with Crippen LogP contribution in [-0.4, -0.2) is 0 Å². The van der Waals surface area contributed by atoms with E-state index in [9.17, 15) is 4.79 Å². The second kappa shape index (κ2) is 4.53. The SMILES string of the molecule is O=c1cccc[cH-]1.[K+]. The molecule has 1 aromatic carbocycles. The summed E-state index contributed by atoms with van der Waals surface area (Å²) in [5.74, 6) is 0. The molecular formula is C6H5KO. The van der Waals surface area contributed by atoms with E-state index in [-0.39, 0.29) is 56.8 Å². The molecule has 0 amide bonds. The minimum absolute atomic E-state index is 0. The molecule has 2 heteroatoms. The summed E-state index contributed by atoms with van der Waals surface area (Å²) in [6.07, 6.45) is 0. The van der Waals surface area contributed by atoms with Crippen LogP contribution in [0.25, 0.3) is 0 Å². The van der Waals surface area contributed by atoms with Crippen molar-refractivity contribution in [2.24, 2.45) is 0 Å². The molecule has 0 aliphatic rings. The molecule has 0 atom stereocenters. The fourth-order valence-corrected chi connectivity index (χ4v) is 0.420. The van der Waals surface area contributed by atoms with Gasteiger partial charge in [-0.3, -0.25) is 0 Å². The number of hydrogen-bond acceptors (Lipinski definition) is 1. The van der Waals surface area contributed by atoms with Crippen LogP contribution in [0.5, 0.6) is 0 Å². The molecule has 0 bridgehead atoms. The first-order chi connectivity index (χ1) is 3.39. The van der Waals surface area contributed by atoms with E-state index >= 15 is 0 Å². The Morgan fingerprint density at radius 1 is 1.38 bits per heavy atom. The summed E-state index contributed by atoms with van der Waals surface area (Å²) in [5, 5.41) is 0. The largest absolute Gasteiger partial charge is 1.00 e. The van der Waals surface area contributed by atoms with Gasteiger partial charge in [0.05, 0.1) is 5.43 Å². The summed E-state index contributed by atoms with van der Waals surface area (Å²) < 4.78 is 0. The minimum Gasteiger partial charge on any atom is -0.319 e. The Morgan fingerprint density at radius 3 is 2.38 bits per heavy atom. The fraction of sp³-hybridized carbons (Fsp3) is 0. The predicted molar refractivity (Wildman–Crippen MR) is 28.3 cm³/mol. The topological polar surface area (TPSA) is 17.1 Å². The molecule has 0 heterocycles. The van der Waals surface area contributed by atoms with Crippen LogP contribution in [-0.2, 0) is 0 Å². The molecule has 1 nitrogen and oxygen atoms in total. The fourth-order valence-electron chi connectivity index (χ4n) is 0.420. The third-order valence-electron chi connectivity index (χ3n) is 0.743. The Bertz CT molecular complexity index is 174. The van der Waals surface area contributed by atoms with Gasteiger partial charge in [0.1, 0.15) is 0 Å². The van der Waals surface area contributed by atoms with Crippen LogP contribution < -0.4 is 56.8 Å². The molecule has 36 valence electrons. The second-order valence-corrected chi connectivity index (χ2v) is 1.31. The maximum absolute atomic E-state index is 10.3. The first-order valence-electron chi connectivity index (χ1n) is 2.11. The molecule has 0 unspecified atom stereocenters. The van der Waals surface area contributed by atoms with Gasteiger partial charge in [-0.05, 0) is 0 Å². The van der Waals surface area contributed by atoms with Crippen molar-refractivity contribution in [1.29, 1.82) is 0 Å². The Balaban J connectivity index is 0.000000490. The van der Waals surface area contributed by atoms with Gasteiger partial charge in [0.25, 0.3) is 0 Å². The van der Waals surface area contributed by atoms with Crippen molar-refractivity contribution < 1.29 is 51.4 Å². The van der Waals surface area contributed by atoms with Crippen LogP contribution in [0.4, 0.5) is 0 Å². The quantitative estimate of drug-likeness (QED) is 0.288. The molecule has 0 aliphatic carbocycles. The maximum atomic E-state index is 10.3. The Labute approximate surface area is 90.5 Å². The van der Waals surface area contributed by atoms with Crippen LogP contribution in [0, 0.1) is 0 Å².